The van der Waals surface area contributed by atoms with Gasteiger partial charge in [0.2, 0.25) is 24.0 Å². The third kappa shape index (κ3) is 6.46. The molecule has 0 aliphatic carbocycles. The normalized spacial score (nSPS) is 22.3. The number of esters is 1. The fraction of sp³-hybridized carbons (Fsp3) is 0.414. The van der Waals surface area contributed by atoms with Gasteiger partial charge in [-0.3, -0.25) is 24.6 Å². The molecule has 0 aromatic heterocycles. The maximum atomic E-state index is 13.7. The molecule has 3 fully saturated rings. The number of hydrogen-bond acceptors (Lipinski definition) is 8. The van der Waals surface area contributed by atoms with E-state index < -0.39 is 42.2 Å². The SMILES string of the molecule is COc1ccccc1CC(=O)NN1CCC(=O)N2CCC[C@@H](C(=O)N[C@H]3CC(=O)OC3OCc3ccccc3)N2C1=O. The fourth-order valence-corrected chi connectivity index (χ4v) is 5.26. The van der Waals surface area contributed by atoms with E-state index in [1.54, 1.807) is 24.3 Å². The van der Waals surface area contributed by atoms with Crippen LogP contribution in [-0.2, 0) is 41.7 Å². The zero-order valence-electron chi connectivity index (χ0n) is 23.2. The molecule has 13 heteroatoms. The third-order valence-electron chi connectivity index (χ3n) is 7.32. The van der Waals surface area contributed by atoms with Crippen molar-refractivity contribution in [3.05, 3.63) is 65.7 Å². The number of carbonyl (C=O) groups is 5. The molecular weight excluding hydrogens is 546 g/mol. The van der Waals surface area contributed by atoms with Crippen molar-refractivity contribution in [2.75, 3.05) is 20.2 Å². The van der Waals surface area contributed by atoms with Crippen molar-refractivity contribution in [2.24, 2.45) is 0 Å². The van der Waals surface area contributed by atoms with Gasteiger partial charge in [-0.05, 0) is 24.5 Å². The van der Waals surface area contributed by atoms with Gasteiger partial charge in [0, 0.05) is 18.5 Å². The van der Waals surface area contributed by atoms with Gasteiger partial charge in [0.15, 0.2) is 0 Å². The molecule has 42 heavy (non-hydrogen) atoms. The van der Waals surface area contributed by atoms with Crippen LogP contribution in [0, 0.1) is 0 Å². The molecule has 3 heterocycles. The number of carbonyl (C=O) groups excluding carboxylic acids is 5. The molecular formula is C29H33N5O8. The number of hydrogen-bond donors (Lipinski definition) is 2. The van der Waals surface area contributed by atoms with Crippen LogP contribution in [0.5, 0.6) is 5.75 Å². The Morgan fingerprint density at radius 2 is 1.79 bits per heavy atom. The summed E-state index contributed by atoms with van der Waals surface area (Å²) in [6.45, 7) is 0.368. The predicted octanol–water partition coefficient (Wildman–Crippen LogP) is 1.28. The van der Waals surface area contributed by atoms with Crippen molar-refractivity contribution in [3.8, 4) is 5.75 Å². The van der Waals surface area contributed by atoms with E-state index in [0.717, 1.165) is 15.6 Å². The molecule has 222 valence electrons. The second-order valence-electron chi connectivity index (χ2n) is 10.2. The first kappa shape index (κ1) is 28.9. The third-order valence-corrected chi connectivity index (χ3v) is 7.32. The highest BCUT2D eigenvalue weighted by molar-refractivity contribution is 5.92. The summed E-state index contributed by atoms with van der Waals surface area (Å²) in [4.78, 5) is 65.2. The Morgan fingerprint density at radius 1 is 1.02 bits per heavy atom. The Morgan fingerprint density at radius 3 is 2.57 bits per heavy atom. The van der Waals surface area contributed by atoms with Gasteiger partial charge < -0.3 is 19.5 Å². The number of ether oxygens (including phenoxy) is 3. The lowest BCUT2D eigenvalue weighted by molar-refractivity contribution is -0.169. The number of nitrogens with one attached hydrogen (secondary N) is 2. The summed E-state index contributed by atoms with van der Waals surface area (Å²) in [5, 5.41) is 6.23. The molecule has 3 aliphatic heterocycles. The molecule has 0 radical (unpaired) electrons. The second-order valence-corrected chi connectivity index (χ2v) is 10.2. The molecule has 2 aromatic carbocycles. The van der Waals surface area contributed by atoms with Crippen LogP contribution in [0.4, 0.5) is 4.79 Å². The van der Waals surface area contributed by atoms with Gasteiger partial charge >= 0.3 is 12.0 Å². The summed E-state index contributed by atoms with van der Waals surface area (Å²) < 4.78 is 16.4. The number of benzene rings is 2. The molecule has 5 rings (SSSR count). The summed E-state index contributed by atoms with van der Waals surface area (Å²) in [7, 11) is 1.50. The number of hydrazine groups is 2. The van der Waals surface area contributed by atoms with E-state index in [9.17, 15) is 24.0 Å². The lowest BCUT2D eigenvalue weighted by atomic mass is 10.1. The number of fused-ring (bicyclic) bond motifs is 1. The fourth-order valence-electron chi connectivity index (χ4n) is 5.26. The summed E-state index contributed by atoms with van der Waals surface area (Å²) in [6, 6.07) is 13.8. The maximum Gasteiger partial charge on any atom is 0.358 e. The van der Waals surface area contributed by atoms with Crippen molar-refractivity contribution in [3.63, 3.8) is 0 Å². The average Bonchev–Trinajstić information content (AvgIpc) is 3.30. The minimum absolute atomic E-state index is 0.0358. The molecule has 2 aromatic rings. The molecule has 1 unspecified atom stereocenters. The number of urea groups is 1. The van der Waals surface area contributed by atoms with Crippen LogP contribution in [0.25, 0.3) is 0 Å². The van der Waals surface area contributed by atoms with Crippen LogP contribution < -0.4 is 15.5 Å². The smallest absolute Gasteiger partial charge is 0.358 e. The zero-order chi connectivity index (χ0) is 29.6. The average molecular weight is 580 g/mol. The van der Waals surface area contributed by atoms with Gasteiger partial charge in [-0.25, -0.2) is 19.8 Å². The Hall–Kier alpha value is -4.65. The number of cyclic esters (lactones) is 1. The van der Waals surface area contributed by atoms with Crippen LogP contribution >= 0.6 is 0 Å². The molecule has 13 nitrogen and oxygen atoms in total. The Kier molecular flexibility index (Phi) is 8.86. The summed E-state index contributed by atoms with van der Waals surface area (Å²) in [5.74, 6) is -1.37. The quantitative estimate of drug-likeness (QED) is 0.423. The van der Waals surface area contributed by atoms with Crippen LogP contribution in [0.15, 0.2) is 54.6 Å². The molecule has 3 aliphatic rings. The number of nitrogens with zero attached hydrogens (tertiary/aromatic N) is 3. The van der Waals surface area contributed by atoms with E-state index in [0.29, 0.717) is 17.7 Å². The number of para-hydroxylation sites is 1. The van der Waals surface area contributed by atoms with Gasteiger partial charge in [0.1, 0.15) is 17.8 Å². The van der Waals surface area contributed by atoms with Gasteiger partial charge in [0.05, 0.1) is 33.1 Å². The molecule has 0 bridgehead atoms. The first-order chi connectivity index (χ1) is 20.3. The largest absolute Gasteiger partial charge is 0.496 e. The first-order valence-corrected chi connectivity index (χ1v) is 13.8. The zero-order valence-corrected chi connectivity index (χ0v) is 23.2. The van der Waals surface area contributed by atoms with E-state index in [1.165, 1.54) is 12.1 Å². The van der Waals surface area contributed by atoms with E-state index in [4.69, 9.17) is 14.2 Å². The van der Waals surface area contributed by atoms with Crippen molar-refractivity contribution in [1.29, 1.82) is 0 Å². The lowest BCUT2D eigenvalue weighted by Gasteiger charge is -2.43. The minimum atomic E-state index is -1.05. The van der Waals surface area contributed by atoms with Crippen LogP contribution in [0.2, 0.25) is 0 Å². The Labute approximate surface area is 242 Å². The van der Waals surface area contributed by atoms with E-state index in [2.05, 4.69) is 10.7 Å². The number of rotatable bonds is 9. The van der Waals surface area contributed by atoms with Gasteiger partial charge in [-0.1, -0.05) is 48.5 Å². The molecule has 3 atom stereocenters. The molecule has 3 saturated heterocycles. The van der Waals surface area contributed by atoms with Gasteiger partial charge in [0.25, 0.3) is 0 Å². The summed E-state index contributed by atoms with van der Waals surface area (Å²) in [5.41, 5.74) is 4.09. The molecule has 5 amide bonds. The first-order valence-electron chi connectivity index (χ1n) is 13.8. The standard InChI is InChI=1S/C29H33N5O8/c1-40-23-12-6-5-10-20(23)16-24(35)31-32-15-13-25(36)33-14-7-11-22(34(33)29(32)39)27(38)30-21-17-26(37)42-28(21)41-18-19-8-3-2-4-9-19/h2-6,8-10,12,21-22,28H,7,11,13-18H2,1H3,(H,30,38)(H,31,35)/t21-,22-,28?/m0/s1. The van der Waals surface area contributed by atoms with E-state index in [-0.39, 0.29) is 51.3 Å². The van der Waals surface area contributed by atoms with Crippen LogP contribution in [0.3, 0.4) is 0 Å². The molecule has 0 spiro atoms. The van der Waals surface area contributed by atoms with Crippen LogP contribution in [-0.4, -0.2) is 83.3 Å². The van der Waals surface area contributed by atoms with Crippen LogP contribution in [0.1, 0.15) is 36.8 Å². The van der Waals surface area contributed by atoms with Crippen molar-refractivity contribution >= 4 is 29.7 Å². The highest BCUT2D eigenvalue weighted by Gasteiger charge is 2.46. The van der Waals surface area contributed by atoms with Crippen molar-refractivity contribution in [1.82, 2.24) is 25.8 Å². The molecule has 0 saturated carbocycles. The highest BCUT2D eigenvalue weighted by atomic mass is 16.7. The Bertz CT molecular complexity index is 1340. The summed E-state index contributed by atoms with van der Waals surface area (Å²) >= 11 is 0. The highest BCUT2D eigenvalue weighted by Crippen LogP contribution is 2.25. The summed E-state index contributed by atoms with van der Waals surface area (Å²) in [6.07, 6.45) is -0.432. The van der Waals surface area contributed by atoms with Gasteiger partial charge in [-0.2, -0.15) is 0 Å². The lowest BCUT2D eigenvalue weighted by Crippen LogP contribution is -2.65. The minimum Gasteiger partial charge on any atom is -0.496 e. The maximum absolute atomic E-state index is 13.7. The van der Waals surface area contributed by atoms with Gasteiger partial charge in [-0.15, -0.1) is 0 Å². The number of methoxy groups -OCH3 is 1. The number of amides is 5. The van der Waals surface area contributed by atoms with E-state index >= 15 is 0 Å². The van der Waals surface area contributed by atoms with E-state index in [1.807, 2.05) is 30.3 Å². The van der Waals surface area contributed by atoms with Crippen molar-refractivity contribution in [2.45, 2.75) is 57.1 Å². The second kappa shape index (κ2) is 12.9. The van der Waals surface area contributed by atoms with Crippen molar-refractivity contribution < 1.29 is 38.2 Å². The Balaban J connectivity index is 1.27. The molecule has 2 N–H and O–H groups in total. The monoisotopic (exact) mass is 579 g/mol. The topological polar surface area (TPSA) is 147 Å². The predicted molar refractivity (Wildman–Crippen MR) is 146 cm³/mol.